The predicted octanol–water partition coefficient (Wildman–Crippen LogP) is 2.21. The monoisotopic (exact) mass is 255 g/mol. The Balaban J connectivity index is 2.72. The lowest BCUT2D eigenvalue weighted by Crippen LogP contribution is -2.30. The Morgan fingerprint density at radius 3 is 2.53 bits per heavy atom. The summed E-state index contributed by atoms with van der Waals surface area (Å²) in [4.78, 5) is 11.2. The van der Waals surface area contributed by atoms with Gasteiger partial charge in [-0.1, -0.05) is 12.0 Å². The van der Waals surface area contributed by atoms with Crippen molar-refractivity contribution in [2.24, 2.45) is 11.8 Å². The Morgan fingerprint density at radius 1 is 1.47 bits per heavy atom. The highest BCUT2D eigenvalue weighted by Gasteiger charge is 2.23. The number of rotatable bonds is 5. The average Bonchev–Trinajstić information content (AvgIpc) is 2.26. The molecule has 1 amide bonds. The summed E-state index contributed by atoms with van der Waals surface area (Å²) in [5.41, 5.74) is 4.46. The predicted molar refractivity (Wildman–Crippen MR) is 72.8 cm³/mol. The lowest BCUT2D eigenvalue weighted by molar-refractivity contribution is -0.121. The fourth-order valence-corrected chi connectivity index (χ4v) is 2.52. The average molecular weight is 255 g/mol. The summed E-state index contributed by atoms with van der Waals surface area (Å²) in [5.74, 6) is 5.52. The number of hydrogen-bond acceptors (Lipinski definition) is 4. The molecule has 0 atom stereocenters. The standard InChI is InChI=1S/C12H21N3OS/c1-8(9-4-3-5-9)10(12(13)17-2)6-7-11(16)15-14/h9,13H,3-7,14H2,1-2H3,(H,15,16). The molecule has 0 heterocycles. The van der Waals surface area contributed by atoms with Gasteiger partial charge in [0.05, 0.1) is 5.04 Å². The van der Waals surface area contributed by atoms with Crippen LogP contribution in [0.5, 0.6) is 0 Å². The van der Waals surface area contributed by atoms with Crippen LogP contribution in [0.4, 0.5) is 0 Å². The van der Waals surface area contributed by atoms with E-state index in [2.05, 4.69) is 12.3 Å². The van der Waals surface area contributed by atoms with Crippen LogP contribution in [0.2, 0.25) is 0 Å². The molecule has 4 N–H and O–H groups in total. The Morgan fingerprint density at radius 2 is 2.12 bits per heavy atom. The van der Waals surface area contributed by atoms with Crippen LogP contribution in [0.3, 0.4) is 0 Å². The van der Waals surface area contributed by atoms with E-state index < -0.39 is 0 Å². The quantitative estimate of drug-likeness (QED) is 0.232. The third kappa shape index (κ3) is 3.85. The zero-order valence-corrected chi connectivity index (χ0v) is 11.3. The highest BCUT2D eigenvalue weighted by atomic mass is 32.2. The minimum Gasteiger partial charge on any atom is -0.294 e. The maximum atomic E-state index is 11.2. The van der Waals surface area contributed by atoms with E-state index in [1.807, 2.05) is 6.26 Å². The maximum absolute atomic E-state index is 11.2. The van der Waals surface area contributed by atoms with E-state index >= 15 is 0 Å². The van der Waals surface area contributed by atoms with Gasteiger partial charge >= 0.3 is 0 Å². The topological polar surface area (TPSA) is 79.0 Å². The second-order valence-electron chi connectivity index (χ2n) is 4.39. The molecule has 0 spiro atoms. The number of amides is 1. The van der Waals surface area contributed by atoms with Crippen molar-refractivity contribution in [3.05, 3.63) is 11.1 Å². The molecule has 0 aromatic carbocycles. The largest absolute Gasteiger partial charge is 0.294 e. The zero-order valence-electron chi connectivity index (χ0n) is 10.5. The van der Waals surface area contributed by atoms with Crippen LogP contribution in [0.15, 0.2) is 11.1 Å². The summed E-state index contributed by atoms with van der Waals surface area (Å²) in [6, 6.07) is 0. The first kappa shape index (κ1) is 14.3. The molecule has 5 heteroatoms. The van der Waals surface area contributed by atoms with Gasteiger partial charge in [-0.2, -0.15) is 0 Å². The zero-order chi connectivity index (χ0) is 12.8. The molecule has 0 saturated heterocycles. The number of nitrogens with one attached hydrogen (secondary N) is 2. The van der Waals surface area contributed by atoms with Crippen LogP contribution in [0.1, 0.15) is 39.0 Å². The Bertz CT molecular complexity index is 335. The fraction of sp³-hybridized carbons (Fsp3) is 0.667. The van der Waals surface area contributed by atoms with E-state index in [9.17, 15) is 4.79 Å². The third-order valence-corrected chi connectivity index (χ3v) is 4.09. The number of hydrazine groups is 1. The molecule has 1 saturated carbocycles. The Hall–Kier alpha value is -0.810. The summed E-state index contributed by atoms with van der Waals surface area (Å²) in [7, 11) is 0. The van der Waals surface area contributed by atoms with Crippen molar-refractivity contribution < 1.29 is 4.79 Å². The molecule has 17 heavy (non-hydrogen) atoms. The molecule has 0 radical (unpaired) electrons. The molecule has 0 aromatic rings. The summed E-state index contributed by atoms with van der Waals surface area (Å²) in [6.45, 7) is 2.10. The van der Waals surface area contributed by atoms with Gasteiger partial charge in [-0.25, -0.2) is 5.84 Å². The van der Waals surface area contributed by atoms with Crippen molar-refractivity contribution in [3.63, 3.8) is 0 Å². The van der Waals surface area contributed by atoms with Gasteiger partial charge in [-0.15, -0.1) is 11.8 Å². The first-order valence-electron chi connectivity index (χ1n) is 5.92. The van der Waals surface area contributed by atoms with Crippen molar-refractivity contribution in [2.75, 3.05) is 6.26 Å². The van der Waals surface area contributed by atoms with E-state index in [-0.39, 0.29) is 5.91 Å². The molecule has 1 aliphatic rings. The molecule has 0 aromatic heterocycles. The number of carbonyl (C=O) groups is 1. The number of allylic oxidation sites excluding steroid dienone is 1. The fourth-order valence-electron chi connectivity index (χ4n) is 2.01. The van der Waals surface area contributed by atoms with E-state index in [0.717, 1.165) is 5.57 Å². The number of hydrogen-bond donors (Lipinski definition) is 3. The van der Waals surface area contributed by atoms with Gasteiger partial charge in [0, 0.05) is 6.42 Å². The lowest BCUT2D eigenvalue weighted by atomic mass is 9.78. The summed E-state index contributed by atoms with van der Waals surface area (Å²) >= 11 is 1.43. The first-order chi connectivity index (χ1) is 8.10. The normalized spacial score (nSPS) is 17.1. The third-order valence-electron chi connectivity index (χ3n) is 3.43. The van der Waals surface area contributed by atoms with Crippen molar-refractivity contribution in [1.82, 2.24) is 5.43 Å². The van der Waals surface area contributed by atoms with Crippen LogP contribution in [-0.4, -0.2) is 17.2 Å². The van der Waals surface area contributed by atoms with Crippen molar-refractivity contribution in [3.8, 4) is 0 Å². The van der Waals surface area contributed by atoms with Crippen LogP contribution in [0, 0.1) is 11.3 Å². The molecule has 96 valence electrons. The highest BCUT2D eigenvalue weighted by molar-refractivity contribution is 8.13. The lowest BCUT2D eigenvalue weighted by Gasteiger charge is -2.28. The van der Waals surface area contributed by atoms with Crippen molar-refractivity contribution in [2.45, 2.75) is 39.0 Å². The smallest absolute Gasteiger partial charge is 0.234 e. The van der Waals surface area contributed by atoms with Gasteiger partial charge in [-0.3, -0.25) is 15.6 Å². The highest BCUT2D eigenvalue weighted by Crippen LogP contribution is 2.36. The molecule has 0 aliphatic heterocycles. The van der Waals surface area contributed by atoms with E-state index in [0.29, 0.717) is 23.8 Å². The van der Waals surface area contributed by atoms with Gasteiger partial charge in [0.15, 0.2) is 0 Å². The minimum absolute atomic E-state index is 0.169. The van der Waals surface area contributed by atoms with E-state index in [4.69, 9.17) is 11.3 Å². The molecule has 1 fully saturated rings. The number of thioether (sulfide) groups is 1. The van der Waals surface area contributed by atoms with Gasteiger partial charge in [0.25, 0.3) is 0 Å². The molecular formula is C12H21N3OS. The van der Waals surface area contributed by atoms with E-state index in [1.54, 1.807) is 0 Å². The maximum Gasteiger partial charge on any atom is 0.234 e. The van der Waals surface area contributed by atoms with Crippen molar-refractivity contribution >= 4 is 22.7 Å². The van der Waals surface area contributed by atoms with Gasteiger partial charge in [-0.05, 0) is 43.9 Å². The van der Waals surface area contributed by atoms with Crippen LogP contribution >= 0.6 is 11.8 Å². The minimum atomic E-state index is -0.169. The summed E-state index contributed by atoms with van der Waals surface area (Å²) < 4.78 is 0. The molecule has 1 aliphatic carbocycles. The van der Waals surface area contributed by atoms with Crippen molar-refractivity contribution in [1.29, 1.82) is 5.41 Å². The van der Waals surface area contributed by atoms with Crippen LogP contribution < -0.4 is 11.3 Å². The van der Waals surface area contributed by atoms with Gasteiger partial charge < -0.3 is 0 Å². The second-order valence-corrected chi connectivity index (χ2v) is 5.21. The van der Waals surface area contributed by atoms with Gasteiger partial charge in [0.2, 0.25) is 5.91 Å². The van der Waals surface area contributed by atoms with Crippen LogP contribution in [-0.2, 0) is 4.79 Å². The molecule has 0 unspecified atom stereocenters. The molecule has 4 nitrogen and oxygen atoms in total. The number of nitrogens with two attached hydrogens (primary N) is 1. The first-order valence-corrected chi connectivity index (χ1v) is 7.14. The van der Waals surface area contributed by atoms with Gasteiger partial charge in [0.1, 0.15) is 0 Å². The Labute approximate surface area is 107 Å². The van der Waals surface area contributed by atoms with Crippen LogP contribution in [0.25, 0.3) is 0 Å². The Kier molecular flexibility index (Phi) is 5.71. The van der Waals surface area contributed by atoms with E-state index in [1.165, 1.54) is 36.6 Å². The molecular weight excluding hydrogens is 234 g/mol. The molecule has 1 rings (SSSR count). The molecule has 0 bridgehead atoms. The SMILES string of the molecule is CSC(=N)C(CCC(=O)NN)=C(C)C1CCC1. The summed E-state index contributed by atoms with van der Waals surface area (Å²) in [6.07, 6.45) is 6.61. The number of carbonyl (C=O) groups excluding carboxylic acids is 1. The second kappa shape index (κ2) is 6.81. The summed E-state index contributed by atoms with van der Waals surface area (Å²) in [5, 5.41) is 8.54.